The van der Waals surface area contributed by atoms with Crippen LogP contribution in [0.4, 0.5) is 5.82 Å². The monoisotopic (exact) mass is 233 g/mol. The van der Waals surface area contributed by atoms with Crippen LogP contribution in [0.1, 0.15) is 16.1 Å². The van der Waals surface area contributed by atoms with E-state index in [1.165, 1.54) is 6.20 Å². The topological polar surface area (TPSA) is 95.3 Å². The van der Waals surface area contributed by atoms with Crippen molar-refractivity contribution in [2.24, 2.45) is 0 Å². The maximum Gasteiger partial charge on any atom is 0.358 e. The first-order chi connectivity index (χ1) is 8.04. The molecule has 2 heterocycles. The summed E-state index contributed by atoms with van der Waals surface area (Å²) in [4.78, 5) is 18.7. The van der Waals surface area contributed by atoms with Gasteiger partial charge in [-0.05, 0) is 18.6 Å². The average molecular weight is 233 g/mol. The molecule has 0 aromatic carbocycles. The largest absolute Gasteiger partial charge is 0.504 e. The lowest BCUT2D eigenvalue weighted by atomic mass is 10.1. The third kappa shape index (κ3) is 1.73. The summed E-state index contributed by atoms with van der Waals surface area (Å²) in [6.07, 6.45) is 1.39. The molecule has 0 unspecified atom stereocenters. The molecule has 0 aliphatic heterocycles. The zero-order valence-corrected chi connectivity index (χ0v) is 9.35. The molecule has 0 radical (unpaired) electrons. The molecule has 2 aromatic rings. The van der Waals surface area contributed by atoms with E-state index < -0.39 is 17.4 Å². The van der Waals surface area contributed by atoms with Crippen molar-refractivity contribution in [3.63, 3.8) is 0 Å². The summed E-state index contributed by atoms with van der Waals surface area (Å²) in [7, 11) is 1.71. The highest BCUT2D eigenvalue weighted by atomic mass is 16.4. The first-order valence-electron chi connectivity index (χ1n) is 4.95. The Balaban J connectivity index is 2.80. The van der Waals surface area contributed by atoms with E-state index in [0.29, 0.717) is 11.2 Å². The van der Waals surface area contributed by atoms with Crippen molar-refractivity contribution in [1.82, 2.24) is 9.97 Å². The number of anilines is 1. The summed E-state index contributed by atoms with van der Waals surface area (Å²) in [5.74, 6) is -1.10. The first kappa shape index (κ1) is 11.1. The molecule has 6 nitrogen and oxygen atoms in total. The standard InChI is InChI=1S/C11H11N3O3/c1-5-3-6-4-13-8(11(16)17)9(15)7(6)14-10(5)12-2/h3-4,15H,1-2H3,(H,12,14)(H,16,17). The number of fused-ring (bicyclic) bond motifs is 1. The predicted molar refractivity (Wildman–Crippen MR) is 62.4 cm³/mol. The highest BCUT2D eigenvalue weighted by molar-refractivity contribution is 5.97. The van der Waals surface area contributed by atoms with E-state index in [0.717, 1.165) is 5.56 Å². The van der Waals surface area contributed by atoms with Gasteiger partial charge in [0.1, 0.15) is 11.3 Å². The Kier molecular flexibility index (Phi) is 2.55. The van der Waals surface area contributed by atoms with E-state index >= 15 is 0 Å². The number of aromatic hydroxyl groups is 1. The smallest absolute Gasteiger partial charge is 0.358 e. The molecule has 0 aliphatic carbocycles. The minimum atomic E-state index is -1.28. The van der Waals surface area contributed by atoms with Gasteiger partial charge in [-0.25, -0.2) is 14.8 Å². The predicted octanol–water partition coefficient (Wildman–Crippen LogP) is 1.38. The summed E-state index contributed by atoms with van der Waals surface area (Å²) in [5, 5.41) is 22.1. The zero-order chi connectivity index (χ0) is 12.6. The summed E-state index contributed by atoms with van der Waals surface area (Å²) in [5.41, 5.74) is 0.729. The fourth-order valence-electron chi connectivity index (χ4n) is 1.64. The van der Waals surface area contributed by atoms with Crippen LogP contribution in [-0.2, 0) is 0 Å². The van der Waals surface area contributed by atoms with Gasteiger partial charge in [0, 0.05) is 18.6 Å². The second-order valence-electron chi connectivity index (χ2n) is 3.60. The molecule has 0 saturated carbocycles. The molecule has 0 saturated heterocycles. The lowest BCUT2D eigenvalue weighted by Crippen LogP contribution is -2.03. The normalized spacial score (nSPS) is 10.5. The molecule has 2 rings (SSSR count). The third-order valence-corrected chi connectivity index (χ3v) is 2.46. The second kappa shape index (κ2) is 3.89. The van der Waals surface area contributed by atoms with E-state index in [2.05, 4.69) is 15.3 Å². The van der Waals surface area contributed by atoms with Gasteiger partial charge in [0.15, 0.2) is 11.4 Å². The van der Waals surface area contributed by atoms with Crippen LogP contribution in [-0.4, -0.2) is 33.2 Å². The van der Waals surface area contributed by atoms with Crippen molar-refractivity contribution >= 4 is 22.7 Å². The number of rotatable bonds is 2. The third-order valence-electron chi connectivity index (χ3n) is 2.46. The maximum absolute atomic E-state index is 10.8. The Hall–Kier alpha value is -2.37. The van der Waals surface area contributed by atoms with E-state index in [9.17, 15) is 9.90 Å². The molecule has 2 aromatic heterocycles. The number of pyridine rings is 2. The fraction of sp³-hybridized carbons (Fsp3) is 0.182. The Morgan fingerprint density at radius 1 is 1.47 bits per heavy atom. The molecule has 0 spiro atoms. The summed E-state index contributed by atoms with van der Waals surface area (Å²) >= 11 is 0. The Bertz CT molecular complexity index is 610. The van der Waals surface area contributed by atoms with Crippen LogP contribution in [0.15, 0.2) is 12.3 Å². The summed E-state index contributed by atoms with van der Waals surface area (Å²) in [6, 6.07) is 1.78. The van der Waals surface area contributed by atoms with E-state index in [1.807, 2.05) is 6.92 Å². The van der Waals surface area contributed by atoms with Crippen LogP contribution in [0.25, 0.3) is 10.9 Å². The Morgan fingerprint density at radius 2 is 2.18 bits per heavy atom. The number of aryl methyl sites for hydroxylation is 1. The molecule has 3 N–H and O–H groups in total. The van der Waals surface area contributed by atoms with E-state index in [4.69, 9.17) is 5.11 Å². The minimum absolute atomic E-state index is 0.229. The van der Waals surface area contributed by atoms with Gasteiger partial charge in [0.2, 0.25) is 0 Å². The quantitative estimate of drug-likeness (QED) is 0.725. The van der Waals surface area contributed by atoms with Gasteiger partial charge in [0.05, 0.1) is 0 Å². The van der Waals surface area contributed by atoms with Crippen molar-refractivity contribution in [2.75, 3.05) is 12.4 Å². The molecule has 88 valence electrons. The number of aromatic carboxylic acids is 1. The maximum atomic E-state index is 10.8. The molecular formula is C11H11N3O3. The highest BCUT2D eigenvalue weighted by Crippen LogP contribution is 2.28. The molecule has 0 atom stereocenters. The van der Waals surface area contributed by atoms with Crippen molar-refractivity contribution < 1.29 is 15.0 Å². The van der Waals surface area contributed by atoms with E-state index in [-0.39, 0.29) is 5.52 Å². The van der Waals surface area contributed by atoms with Crippen molar-refractivity contribution in [1.29, 1.82) is 0 Å². The number of hydrogen-bond donors (Lipinski definition) is 3. The number of carboxylic acid groups (broad SMARTS) is 1. The van der Waals surface area contributed by atoms with Gasteiger partial charge in [-0.2, -0.15) is 0 Å². The van der Waals surface area contributed by atoms with Gasteiger partial charge in [0.25, 0.3) is 0 Å². The fourth-order valence-corrected chi connectivity index (χ4v) is 1.64. The van der Waals surface area contributed by atoms with Gasteiger partial charge >= 0.3 is 5.97 Å². The van der Waals surface area contributed by atoms with Crippen LogP contribution in [0, 0.1) is 6.92 Å². The lowest BCUT2D eigenvalue weighted by Gasteiger charge is -2.08. The molecule has 0 aliphatic rings. The van der Waals surface area contributed by atoms with Gasteiger partial charge in [-0.1, -0.05) is 0 Å². The Labute approximate surface area is 96.9 Å². The van der Waals surface area contributed by atoms with Crippen LogP contribution in [0.5, 0.6) is 5.75 Å². The second-order valence-corrected chi connectivity index (χ2v) is 3.60. The van der Waals surface area contributed by atoms with Crippen molar-refractivity contribution in [3.8, 4) is 5.75 Å². The highest BCUT2D eigenvalue weighted by Gasteiger charge is 2.16. The summed E-state index contributed by atoms with van der Waals surface area (Å²) in [6.45, 7) is 1.86. The average Bonchev–Trinajstić information content (AvgIpc) is 2.28. The zero-order valence-electron chi connectivity index (χ0n) is 9.35. The SMILES string of the molecule is CNc1nc2c(O)c(C(=O)O)ncc2cc1C. The van der Waals surface area contributed by atoms with Crippen LogP contribution in [0.3, 0.4) is 0 Å². The van der Waals surface area contributed by atoms with Crippen LogP contribution >= 0.6 is 0 Å². The van der Waals surface area contributed by atoms with Gasteiger partial charge in [-0.3, -0.25) is 0 Å². The number of carboxylic acids is 1. The van der Waals surface area contributed by atoms with Crippen LogP contribution < -0.4 is 5.32 Å². The number of nitrogens with one attached hydrogen (secondary N) is 1. The molecule has 17 heavy (non-hydrogen) atoms. The van der Waals surface area contributed by atoms with Crippen molar-refractivity contribution in [3.05, 3.63) is 23.5 Å². The van der Waals surface area contributed by atoms with Crippen molar-refractivity contribution in [2.45, 2.75) is 6.92 Å². The van der Waals surface area contributed by atoms with Gasteiger partial charge < -0.3 is 15.5 Å². The molecular weight excluding hydrogens is 222 g/mol. The van der Waals surface area contributed by atoms with Crippen LogP contribution in [0.2, 0.25) is 0 Å². The van der Waals surface area contributed by atoms with Gasteiger partial charge in [-0.15, -0.1) is 0 Å². The number of carbonyl (C=O) groups is 1. The number of aromatic nitrogens is 2. The first-order valence-corrected chi connectivity index (χ1v) is 4.95. The lowest BCUT2D eigenvalue weighted by molar-refractivity contribution is 0.0687. The minimum Gasteiger partial charge on any atom is -0.504 e. The van der Waals surface area contributed by atoms with E-state index in [1.54, 1.807) is 13.1 Å². The molecule has 0 amide bonds. The summed E-state index contributed by atoms with van der Waals surface area (Å²) < 4.78 is 0. The number of hydrogen-bond acceptors (Lipinski definition) is 5. The molecule has 0 bridgehead atoms. The Morgan fingerprint density at radius 3 is 2.76 bits per heavy atom. The molecule has 0 fully saturated rings. The number of nitrogens with zero attached hydrogens (tertiary/aromatic N) is 2. The molecule has 6 heteroatoms.